The van der Waals surface area contributed by atoms with Crippen LogP contribution in [0.2, 0.25) is 0 Å². The van der Waals surface area contributed by atoms with E-state index >= 15 is 0 Å². The Bertz CT molecular complexity index is 1430. The fourth-order valence-corrected chi connectivity index (χ4v) is 5.11. The van der Waals surface area contributed by atoms with Crippen molar-refractivity contribution in [3.8, 4) is 0 Å². The maximum absolute atomic E-state index is 5.17. The molecule has 1 atom stereocenters. The maximum atomic E-state index is 5.17. The molecule has 0 saturated carbocycles. The molecule has 37 heavy (non-hydrogen) atoms. The first-order valence-electron chi connectivity index (χ1n) is 13.0. The molecule has 0 N–H and O–H groups in total. The number of nitrogens with zero attached hydrogens (tertiary/aromatic N) is 6. The molecule has 0 saturated heterocycles. The van der Waals surface area contributed by atoms with Gasteiger partial charge in [-0.15, -0.1) is 0 Å². The minimum Gasteiger partial charge on any atom is -0.264 e. The van der Waals surface area contributed by atoms with Crippen LogP contribution in [-0.2, 0) is 21.0 Å². The standard InChI is InChI=1S/C30H40N6S/c1-27(2,3)23-19-18-31-17-13-20(19)33-26(35-23)30(9,37-10)15-14-29(7,8)24-22-21(12-11-16-32-22)34-25(36-24)28(4,5)6/h11-13,16-18H,14-15H2,1-10H3. The third-order valence-corrected chi connectivity index (χ3v) is 8.41. The molecule has 7 heteroatoms. The number of aromatic nitrogens is 6. The summed E-state index contributed by atoms with van der Waals surface area (Å²) in [4.78, 5) is 29.2. The van der Waals surface area contributed by atoms with Crippen LogP contribution in [0.15, 0.2) is 36.8 Å². The lowest BCUT2D eigenvalue weighted by Crippen LogP contribution is -2.29. The van der Waals surface area contributed by atoms with Gasteiger partial charge in [-0.3, -0.25) is 9.97 Å². The van der Waals surface area contributed by atoms with E-state index in [4.69, 9.17) is 24.9 Å². The second kappa shape index (κ2) is 9.57. The lowest BCUT2D eigenvalue weighted by Gasteiger charge is -2.33. The number of pyridine rings is 2. The Labute approximate surface area is 225 Å². The second-order valence-corrected chi connectivity index (χ2v) is 14.2. The zero-order valence-electron chi connectivity index (χ0n) is 24.0. The van der Waals surface area contributed by atoms with Crippen LogP contribution >= 0.6 is 11.8 Å². The highest BCUT2D eigenvalue weighted by atomic mass is 32.2. The minimum atomic E-state index is -0.266. The molecule has 0 aromatic carbocycles. The first-order chi connectivity index (χ1) is 17.2. The van der Waals surface area contributed by atoms with E-state index in [9.17, 15) is 0 Å². The molecule has 1 unspecified atom stereocenters. The summed E-state index contributed by atoms with van der Waals surface area (Å²) in [6, 6.07) is 5.98. The Hall–Kier alpha value is -2.67. The summed E-state index contributed by atoms with van der Waals surface area (Å²) in [7, 11) is 0. The summed E-state index contributed by atoms with van der Waals surface area (Å²) in [5, 5.41) is 1.02. The molecule has 0 bridgehead atoms. The van der Waals surface area contributed by atoms with E-state index < -0.39 is 0 Å². The lowest BCUT2D eigenvalue weighted by atomic mass is 9.80. The Morgan fingerprint density at radius 1 is 0.703 bits per heavy atom. The van der Waals surface area contributed by atoms with Gasteiger partial charge in [-0.1, -0.05) is 55.4 Å². The van der Waals surface area contributed by atoms with Gasteiger partial charge in [0.1, 0.15) is 17.2 Å². The topological polar surface area (TPSA) is 77.3 Å². The van der Waals surface area contributed by atoms with Crippen LogP contribution in [0.1, 0.15) is 98.2 Å². The Morgan fingerprint density at radius 2 is 1.38 bits per heavy atom. The smallest absolute Gasteiger partial charge is 0.145 e. The lowest BCUT2D eigenvalue weighted by molar-refractivity contribution is 0.405. The SMILES string of the molecule is CSC(C)(CCC(C)(C)c1nc(C(C)(C)C)nc2cccnc12)c1nc(C(C)(C)C)c2cnccc2n1. The zero-order chi connectivity index (χ0) is 27.2. The molecule has 0 radical (unpaired) electrons. The van der Waals surface area contributed by atoms with Gasteiger partial charge < -0.3 is 0 Å². The van der Waals surface area contributed by atoms with Crippen molar-refractivity contribution in [2.75, 3.05) is 6.26 Å². The third kappa shape index (κ3) is 5.47. The Morgan fingerprint density at radius 3 is 2.03 bits per heavy atom. The predicted octanol–water partition coefficient (Wildman–Crippen LogP) is 7.29. The van der Waals surface area contributed by atoms with E-state index in [1.807, 2.05) is 48.6 Å². The van der Waals surface area contributed by atoms with E-state index in [1.165, 1.54) is 0 Å². The molecule has 6 nitrogen and oxygen atoms in total. The number of rotatable bonds is 6. The summed E-state index contributed by atoms with van der Waals surface area (Å²) in [6.07, 6.45) is 9.48. The number of fused-ring (bicyclic) bond motifs is 2. The van der Waals surface area contributed by atoms with E-state index in [0.717, 1.165) is 57.8 Å². The fourth-order valence-electron chi connectivity index (χ4n) is 4.53. The van der Waals surface area contributed by atoms with Gasteiger partial charge in [0.15, 0.2) is 0 Å². The highest BCUT2D eigenvalue weighted by Gasteiger charge is 2.36. The van der Waals surface area contributed by atoms with Crippen molar-refractivity contribution in [1.82, 2.24) is 29.9 Å². The number of hydrogen-bond acceptors (Lipinski definition) is 7. The van der Waals surface area contributed by atoms with Crippen molar-refractivity contribution in [2.24, 2.45) is 0 Å². The van der Waals surface area contributed by atoms with Gasteiger partial charge in [0.2, 0.25) is 0 Å². The summed E-state index contributed by atoms with van der Waals surface area (Å²) < 4.78 is -0.266. The summed E-state index contributed by atoms with van der Waals surface area (Å²) in [6.45, 7) is 19.9. The van der Waals surface area contributed by atoms with E-state index in [-0.39, 0.29) is 21.0 Å². The maximum Gasteiger partial charge on any atom is 0.145 e. The first-order valence-corrected chi connectivity index (χ1v) is 14.2. The molecule has 4 aromatic heterocycles. The molecule has 0 aliphatic heterocycles. The third-order valence-electron chi connectivity index (χ3n) is 7.12. The van der Waals surface area contributed by atoms with Gasteiger partial charge in [-0.25, -0.2) is 19.9 Å². The quantitative estimate of drug-likeness (QED) is 0.266. The van der Waals surface area contributed by atoms with Gasteiger partial charge in [0, 0.05) is 40.2 Å². The minimum absolute atomic E-state index is 0.119. The van der Waals surface area contributed by atoms with Crippen LogP contribution in [0.25, 0.3) is 21.9 Å². The number of hydrogen-bond donors (Lipinski definition) is 0. The number of thioether (sulfide) groups is 1. The molecule has 0 aliphatic carbocycles. The Balaban J connectivity index is 1.76. The second-order valence-electron chi connectivity index (χ2n) is 12.9. The van der Waals surface area contributed by atoms with Gasteiger partial charge in [-0.2, -0.15) is 11.8 Å². The summed E-state index contributed by atoms with van der Waals surface area (Å²) in [5.74, 6) is 1.73. The van der Waals surface area contributed by atoms with Gasteiger partial charge in [0.25, 0.3) is 0 Å². The van der Waals surface area contributed by atoms with Crippen LogP contribution in [0.5, 0.6) is 0 Å². The molecule has 4 rings (SSSR count). The molecular formula is C30H40N6S. The van der Waals surface area contributed by atoms with Crippen molar-refractivity contribution in [1.29, 1.82) is 0 Å². The Kier molecular flexibility index (Phi) is 7.08. The zero-order valence-corrected chi connectivity index (χ0v) is 24.8. The van der Waals surface area contributed by atoms with Crippen molar-refractivity contribution >= 4 is 33.7 Å². The largest absolute Gasteiger partial charge is 0.264 e. The fraction of sp³-hybridized carbons (Fsp3) is 0.533. The van der Waals surface area contributed by atoms with Crippen LogP contribution < -0.4 is 0 Å². The van der Waals surface area contributed by atoms with Crippen molar-refractivity contribution in [2.45, 2.75) is 96.1 Å². The van der Waals surface area contributed by atoms with Crippen LogP contribution in [0.4, 0.5) is 0 Å². The van der Waals surface area contributed by atoms with Crippen molar-refractivity contribution in [3.63, 3.8) is 0 Å². The van der Waals surface area contributed by atoms with Crippen molar-refractivity contribution in [3.05, 3.63) is 59.8 Å². The van der Waals surface area contributed by atoms with E-state index in [0.29, 0.717) is 0 Å². The molecule has 0 amide bonds. The normalized spacial score (nSPS) is 14.8. The molecular weight excluding hydrogens is 476 g/mol. The highest BCUT2D eigenvalue weighted by Crippen LogP contribution is 2.43. The molecule has 4 heterocycles. The van der Waals surface area contributed by atoms with E-state index in [2.05, 4.69) is 73.6 Å². The molecule has 0 fully saturated rings. The average molecular weight is 517 g/mol. The van der Waals surface area contributed by atoms with Crippen LogP contribution in [-0.4, -0.2) is 36.2 Å². The monoisotopic (exact) mass is 516 g/mol. The highest BCUT2D eigenvalue weighted by molar-refractivity contribution is 7.99. The summed E-state index contributed by atoms with van der Waals surface area (Å²) in [5.41, 5.74) is 4.29. The van der Waals surface area contributed by atoms with E-state index in [1.54, 1.807) is 0 Å². The molecule has 4 aromatic rings. The van der Waals surface area contributed by atoms with Gasteiger partial charge in [-0.05, 0) is 44.2 Å². The summed E-state index contributed by atoms with van der Waals surface area (Å²) >= 11 is 1.81. The van der Waals surface area contributed by atoms with Gasteiger partial charge >= 0.3 is 0 Å². The first kappa shape index (κ1) is 27.4. The molecule has 196 valence electrons. The molecule has 0 spiro atoms. The average Bonchev–Trinajstić information content (AvgIpc) is 2.84. The molecule has 0 aliphatic rings. The van der Waals surface area contributed by atoms with Crippen LogP contribution in [0.3, 0.4) is 0 Å². The van der Waals surface area contributed by atoms with Gasteiger partial charge in [0.05, 0.1) is 27.2 Å². The van der Waals surface area contributed by atoms with Crippen molar-refractivity contribution < 1.29 is 0 Å². The predicted molar refractivity (Wildman–Crippen MR) is 155 cm³/mol. The van der Waals surface area contributed by atoms with Crippen LogP contribution in [0, 0.1) is 0 Å².